The predicted octanol–water partition coefficient (Wildman–Crippen LogP) is 1.53. The molecule has 1 unspecified atom stereocenters. The van der Waals surface area contributed by atoms with Crippen LogP contribution in [-0.2, 0) is 9.53 Å². The molecule has 0 saturated heterocycles. The third-order valence-electron chi connectivity index (χ3n) is 2.40. The van der Waals surface area contributed by atoms with E-state index in [1.807, 2.05) is 6.92 Å². The summed E-state index contributed by atoms with van der Waals surface area (Å²) < 4.78 is 4.73. The van der Waals surface area contributed by atoms with Gasteiger partial charge in [0.25, 0.3) is 0 Å². The number of methoxy groups -OCH3 is 1. The average Bonchev–Trinajstić information content (AvgIpc) is 2.19. The lowest BCUT2D eigenvalue weighted by Gasteiger charge is -2.22. The van der Waals surface area contributed by atoms with E-state index in [2.05, 4.69) is 18.7 Å². The van der Waals surface area contributed by atoms with Crippen LogP contribution < -0.4 is 0 Å². The van der Waals surface area contributed by atoms with Gasteiger partial charge < -0.3 is 9.64 Å². The second-order valence-electron chi connectivity index (χ2n) is 3.11. The second kappa shape index (κ2) is 6.89. The fraction of sp³-hybridized carbons (Fsp3) is 0.900. The molecular weight excluding hydrogens is 166 g/mol. The largest absolute Gasteiger partial charge is 0.469 e. The van der Waals surface area contributed by atoms with Gasteiger partial charge in [-0.15, -0.1) is 0 Å². The SMILES string of the molecule is CCC(CN(CC)CC)C(=O)OC. The van der Waals surface area contributed by atoms with Crippen molar-refractivity contribution in [1.82, 2.24) is 4.90 Å². The van der Waals surface area contributed by atoms with Gasteiger partial charge in [-0.1, -0.05) is 20.8 Å². The topological polar surface area (TPSA) is 29.5 Å². The fourth-order valence-electron chi connectivity index (χ4n) is 1.33. The van der Waals surface area contributed by atoms with Crippen LogP contribution in [-0.4, -0.2) is 37.6 Å². The Balaban J connectivity index is 4.02. The summed E-state index contributed by atoms with van der Waals surface area (Å²) in [5, 5.41) is 0. The molecule has 13 heavy (non-hydrogen) atoms. The van der Waals surface area contributed by atoms with Crippen LogP contribution in [0.4, 0.5) is 0 Å². The summed E-state index contributed by atoms with van der Waals surface area (Å²) in [4.78, 5) is 13.5. The first-order chi connectivity index (χ1) is 6.19. The van der Waals surface area contributed by atoms with Gasteiger partial charge in [-0.05, 0) is 19.5 Å². The molecule has 0 aliphatic rings. The molecular formula is C10H21NO2. The van der Waals surface area contributed by atoms with E-state index >= 15 is 0 Å². The maximum Gasteiger partial charge on any atom is 0.309 e. The van der Waals surface area contributed by atoms with Crippen LogP contribution in [0.2, 0.25) is 0 Å². The maximum atomic E-state index is 11.3. The first-order valence-corrected chi connectivity index (χ1v) is 4.99. The molecule has 0 aromatic rings. The van der Waals surface area contributed by atoms with Gasteiger partial charge in [0.2, 0.25) is 0 Å². The first kappa shape index (κ1) is 12.4. The molecule has 1 atom stereocenters. The standard InChI is InChI=1S/C10H21NO2/c1-5-9(10(12)13-4)8-11(6-2)7-3/h9H,5-8H2,1-4H3. The summed E-state index contributed by atoms with van der Waals surface area (Å²) in [6.45, 7) is 9.02. The van der Waals surface area contributed by atoms with Gasteiger partial charge in [0.15, 0.2) is 0 Å². The molecule has 3 nitrogen and oxygen atoms in total. The predicted molar refractivity (Wildman–Crippen MR) is 53.6 cm³/mol. The highest BCUT2D eigenvalue weighted by molar-refractivity contribution is 5.72. The quantitative estimate of drug-likeness (QED) is 0.591. The number of hydrogen-bond acceptors (Lipinski definition) is 3. The summed E-state index contributed by atoms with van der Waals surface area (Å²) in [6, 6.07) is 0. The van der Waals surface area contributed by atoms with Crippen molar-refractivity contribution in [3.8, 4) is 0 Å². The number of esters is 1. The van der Waals surface area contributed by atoms with Crippen LogP contribution in [0.1, 0.15) is 27.2 Å². The van der Waals surface area contributed by atoms with Crippen LogP contribution in [0.3, 0.4) is 0 Å². The van der Waals surface area contributed by atoms with E-state index in [1.165, 1.54) is 7.11 Å². The van der Waals surface area contributed by atoms with E-state index in [9.17, 15) is 4.79 Å². The van der Waals surface area contributed by atoms with Gasteiger partial charge in [-0.3, -0.25) is 4.79 Å². The molecule has 0 aromatic heterocycles. The van der Waals surface area contributed by atoms with Gasteiger partial charge in [0, 0.05) is 6.54 Å². The number of hydrogen-bond donors (Lipinski definition) is 0. The molecule has 0 spiro atoms. The number of rotatable bonds is 6. The maximum absolute atomic E-state index is 11.3. The molecule has 0 amide bonds. The third-order valence-corrected chi connectivity index (χ3v) is 2.40. The van der Waals surface area contributed by atoms with Gasteiger partial charge >= 0.3 is 5.97 Å². The van der Waals surface area contributed by atoms with Crippen molar-refractivity contribution >= 4 is 5.97 Å². The summed E-state index contributed by atoms with van der Waals surface area (Å²) in [5.41, 5.74) is 0. The lowest BCUT2D eigenvalue weighted by molar-refractivity contribution is -0.146. The number of nitrogens with zero attached hydrogens (tertiary/aromatic N) is 1. The summed E-state index contributed by atoms with van der Waals surface area (Å²) in [7, 11) is 1.45. The fourth-order valence-corrected chi connectivity index (χ4v) is 1.33. The highest BCUT2D eigenvalue weighted by Gasteiger charge is 2.18. The Morgan fingerprint density at radius 3 is 2.15 bits per heavy atom. The summed E-state index contributed by atoms with van der Waals surface area (Å²) in [5.74, 6) is -0.0562. The molecule has 0 fully saturated rings. The summed E-state index contributed by atoms with van der Waals surface area (Å²) in [6.07, 6.45) is 0.850. The van der Waals surface area contributed by atoms with E-state index in [-0.39, 0.29) is 11.9 Å². The highest BCUT2D eigenvalue weighted by Crippen LogP contribution is 2.07. The van der Waals surface area contributed by atoms with E-state index in [0.29, 0.717) is 0 Å². The normalized spacial score (nSPS) is 13.0. The van der Waals surface area contributed by atoms with Crippen molar-refractivity contribution in [3.63, 3.8) is 0 Å². The van der Waals surface area contributed by atoms with E-state index in [1.54, 1.807) is 0 Å². The van der Waals surface area contributed by atoms with Crippen molar-refractivity contribution in [2.24, 2.45) is 5.92 Å². The lowest BCUT2D eigenvalue weighted by atomic mass is 10.1. The van der Waals surface area contributed by atoms with Crippen molar-refractivity contribution < 1.29 is 9.53 Å². The molecule has 0 aromatic carbocycles. The van der Waals surface area contributed by atoms with Crippen LogP contribution in [0.25, 0.3) is 0 Å². The Kier molecular flexibility index (Phi) is 6.59. The summed E-state index contributed by atoms with van der Waals surface area (Å²) >= 11 is 0. The van der Waals surface area contributed by atoms with Crippen molar-refractivity contribution in [1.29, 1.82) is 0 Å². The Hall–Kier alpha value is -0.570. The molecule has 78 valence electrons. The molecule has 0 radical (unpaired) electrons. The zero-order chi connectivity index (χ0) is 10.3. The Morgan fingerprint density at radius 1 is 1.31 bits per heavy atom. The minimum absolute atomic E-state index is 0.0323. The number of ether oxygens (including phenoxy) is 1. The van der Waals surface area contributed by atoms with Crippen LogP contribution in [0.15, 0.2) is 0 Å². The molecule has 3 heteroatoms. The smallest absolute Gasteiger partial charge is 0.309 e. The van der Waals surface area contributed by atoms with Crippen molar-refractivity contribution in [2.45, 2.75) is 27.2 Å². The van der Waals surface area contributed by atoms with Gasteiger partial charge in [0.05, 0.1) is 13.0 Å². The Bertz CT molecular complexity index is 144. The van der Waals surface area contributed by atoms with E-state index in [0.717, 1.165) is 26.1 Å². The zero-order valence-electron chi connectivity index (χ0n) is 9.17. The Labute approximate surface area is 81.1 Å². The Morgan fingerprint density at radius 2 is 1.85 bits per heavy atom. The van der Waals surface area contributed by atoms with Crippen LogP contribution in [0.5, 0.6) is 0 Å². The van der Waals surface area contributed by atoms with Crippen LogP contribution >= 0.6 is 0 Å². The lowest BCUT2D eigenvalue weighted by Crippen LogP contribution is -2.33. The van der Waals surface area contributed by atoms with E-state index in [4.69, 9.17) is 4.74 Å². The molecule has 0 heterocycles. The molecule has 0 aliphatic heterocycles. The van der Waals surface area contributed by atoms with Gasteiger partial charge in [-0.25, -0.2) is 0 Å². The molecule has 0 aliphatic carbocycles. The van der Waals surface area contributed by atoms with Crippen LogP contribution in [0, 0.1) is 5.92 Å². The molecule has 0 rings (SSSR count). The van der Waals surface area contributed by atoms with Crippen molar-refractivity contribution in [3.05, 3.63) is 0 Å². The average molecular weight is 187 g/mol. The minimum atomic E-state index is -0.0885. The third kappa shape index (κ3) is 4.27. The zero-order valence-corrected chi connectivity index (χ0v) is 9.17. The number of carbonyl (C=O) groups excluding carboxylic acids is 1. The first-order valence-electron chi connectivity index (χ1n) is 4.99. The van der Waals surface area contributed by atoms with Gasteiger partial charge in [-0.2, -0.15) is 0 Å². The number of carbonyl (C=O) groups is 1. The second-order valence-corrected chi connectivity index (χ2v) is 3.11. The molecule has 0 saturated carbocycles. The molecule has 0 N–H and O–H groups in total. The van der Waals surface area contributed by atoms with Crippen molar-refractivity contribution in [2.75, 3.05) is 26.7 Å². The molecule has 0 bridgehead atoms. The monoisotopic (exact) mass is 187 g/mol. The highest BCUT2D eigenvalue weighted by atomic mass is 16.5. The van der Waals surface area contributed by atoms with E-state index < -0.39 is 0 Å². The van der Waals surface area contributed by atoms with Gasteiger partial charge in [0.1, 0.15) is 0 Å². The minimum Gasteiger partial charge on any atom is -0.469 e.